The lowest BCUT2D eigenvalue weighted by atomic mass is 9.94. The van der Waals surface area contributed by atoms with Gasteiger partial charge in [0.25, 0.3) is 0 Å². The van der Waals surface area contributed by atoms with Crippen molar-refractivity contribution in [1.29, 1.82) is 0 Å². The topological polar surface area (TPSA) is 87.5 Å². The first-order valence-corrected chi connectivity index (χ1v) is 12.5. The third-order valence-corrected chi connectivity index (χ3v) is 6.81. The van der Waals surface area contributed by atoms with Crippen molar-refractivity contribution in [2.45, 2.75) is 83.0 Å². The van der Waals surface area contributed by atoms with Gasteiger partial charge >= 0.3 is 12.1 Å². The Bertz CT molecular complexity index is 980. The number of rotatable bonds is 6. The molecular formula is C25H35F3N4O3. The smallest absolute Gasteiger partial charge is 0.475 e. The fourth-order valence-electron chi connectivity index (χ4n) is 5.09. The molecule has 2 aromatic rings. The van der Waals surface area contributed by atoms with Gasteiger partial charge in [-0.1, -0.05) is 31.4 Å². The molecule has 1 atom stereocenters. The van der Waals surface area contributed by atoms with Gasteiger partial charge in [0, 0.05) is 38.0 Å². The zero-order valence-corrected chi connectivity index (χ0v) is 20.2. The lowest BCUT2D eigenvalue weighted by Crippen LogP contribution is -2.41. The van der Waals surface area contributed by atoms with E-state index in [2.05, 4.69) is 46.0 Å². The summed E-state index contributed by atoms with van der Waals surface area (Å²) in [5.41, 5.74) is 2.21. The van der Waals surface area contributed by atoms with Crippen LogP contribution >= 0.6 is 0 Å². The summed E-state index contributed by atoms with van der Waals surface area (Å²) in [5, 5.41) is 10.6. The number of carbonyl (C=O) groups is 2. The Hall–Kier alpha value is -2.62. The van der Waals surface area contributed by atoms with Gasteiger partial charge in [-0.2, -0.15) is 13.2 Å². The van der Waals surface area contributed by atoms with Crippen molar-refractivity contribution in [3.63, 3.8) is 0 Å². The molecule has 194 valence electrons. The molecule has 1 saturated carbocycles. The highest BCUT2D eigenvalue weighted by molar-refractivity contribution is 5.78. The maximum atomic E-state index is 13.1. The average Bonchev–Trinajstić information content (AvgIpc) is 3.23. The number of nitrogens with one attached hydrogen (secondary N) is 1. The Morgan fingerprint density at radius 3 is 2.43 bits per heavy atom. The molecule has 1 unspecified atom stereocenters. The molecule has 1 aromatic heterocycles. The summed E-state index contributed by atoms with van der Waals surface area (Å²) in [7, 11) is 0. The van der Waals surface area contributed by atoms with Crippen molar-refractivity contribution >= 4 is 22.9 Å². The van der Waals surface area contributed by atoms with Crippen molar-refractivity contribution in [2.24, 2.45) is 0 Å². The Morgan fingerprint density at radius 2 is 1.83 bits per heavy atom. The second kappa shape index (κ2) is 12.4. The largest absolute Gasteiger partial charge is 0.490 e. The van der Waals surface area contributed by atoms with Crippen molar-refractivity contribution in [2.75, 3.05) is 19.6 Å². The normalized spacial score (nSPS) is 19.1. The minimum absolute atomic E-state index is 0.305. The molecule has 2 fully saturated rings. The highest BCUT2D eigenvalue weighted by Gasteiger charge is 2.38. The summed E-state index contributed by atoms with van der Waals surface area (Å²) in [6.07, 6.45) is 4.05. The van der Waals surface area contributed by atoms with Crippen LogP contribution in [0.2, 0.25) is 0 Å². The fourth-order valence-corrected chi connectivity index (χ4v) is 5.09. The van der Waals surface area contributed by atoms with Gasteiger partial charge in [-0.3, -0.25) is 4.79 Å². The van der Waals surface area contributed by atoms with Crippen LogP contribution in [0.4, 0.5) is 13.2 Å². The van der Waals surface area contributed by atoms with Crippen molar-refractivity contribution < 1.29 is 27.9 Å². The molecule has 2 N–H and O–H groups in total. The summed E-state index contributed by atoms with van der Waals surface area (Å²) in [4.78, 5) is 29.1. The maximum absolute atomic E-state index is 13.1. The first-order chi connectivity index (χ1) is 16.7. The van der Waals surface area contributed by atoms with Crippen LogP contribution < -0.4 is 5.32 Å². The summed E-state index contributed by atoms with van der Waals surface area (Å²) in [6, 6.07) is 8.81. The summed E-state index contributed by atoms with van der Waals surface area (Å²) < 4.78 is 34.1. The molecule has 35 heavy (non-hydrogen) atoms. The van der Waals surface area contributed by atoms with Crippen LogP contribution in [0.1, 0.15) is 70.0 Å². The third-order valence-electron chi connectivity index (χ3n) is 6.81. The van der Waals surface area contributed by atoms with E-state index < -0.39 is 12.1 Å². The number of benzene rings is 1. The fraction of sp³-hybridized carbons (Fsp3) is 0.640. The zero-order chi connectivity index (χ0) is 25.4. The predicted octanol–water partition coefficient (Wildman–Crippen LogP) is 4.71. The molecule has 0 radical (unpaired) electrons. The summed E-state index contributed by atoms with van der Waals surface area (Å²) in [6.45, 7) is 5.77. The van der Waals surface area contributed by atoms with Gasteiger partial charge in [0.1, 0.15) is 5.82 Å². The number of carbonyl (C=O) groups excluding carboxylic acids is 1. The molecule has 0 spiro atoms. The Labute approximate surface area is 203 Å². The first-order valence-electron chi connectivity index (χ1n) is 12.5. The van der Waals surface area contributed by atoms with Gasteiger partial charge in [-0.25, -0.2) is 9.78 Å². The average molecular weight is 497 g/mol. The molecule has 1 saturated heterocycles. The minimum atomic E-state index is -5.08. The molecule has 2 aliphatic rings. The molecule has 1 aliphatic heterocycles. The Morgan fingerprint density at radius 1 is 1.14 bits per heavy atom. The summed E-state index contributed by atoms with van der Waals surface area (Å²) >= 11 is 0. The SMILES string of the molecule is CCN(C(=O)CCn1c(C2CCCNC2)nc2ccccc21)C1CCCCC1.O=C(O)C(F)(F)F. The van der Waals surface area contributed by atoms with Crippen molar-refractivity contribution in [1.82, 2.24) is 19.8 Å². The molecule has 4 rings (SSSR count). The lowest BCUT2D eigenvalue weighted by molar-refractivity contribution is -0.192. The van der Waals surface area contributed by atoms with E-state index in [0.717, 1.165) is 43.0 Å². The quantitative estimate of drug-likeness (QED) is 0.605. The second-order valence-corrected chi connectivity index (χ2v) is 9.18. The minimum Gasteiger partial charge on any atom is -0.475 e. The number of alkyl halides is 3. The lowest BCUT2D eigenvalue weighted by Gasteiger charge is -2.34. The molecule has 0 bridgehead atoms. The predicted molar refractivity (Wildman–Crippen MR) is 127 cm³/mol. The number of hydrogen-bond donors (Lipinski definition) is 2. The van der Waals surface area contributed by atoms with E-state index in [0.29, 0.717) is 24.3 Å². The van der Waals surface area contributed by atoms with Crippen LogP contribution in [0.15, 0.2) is 24.3 Å². The number of carboxylic acid groups (broad SMARTS) is 1. The van der Waals surface area contributed by atoms with Crippen molar-refractivity contribution in [3.05, 3.63) is 30.1 Å². The van der Waals surface area contributed by atoms with E-state index in [-0.39, 0.29) is 0 Å². The number of halogens is 3. The number of fused-ring (bicyclic) bond motifs is 1. The third kappa shape index (κ3) is 7.19. The zero-order valence-electron chi connectivity index (χ0n) is 20.2. The monoisotopic (exact) mass is 496 g/mol. The highest BCUT2D eigenvalue weighted by Crippen LogP contribution is 2.28. The Kier molecular flexibility index (Phi) is 9.54. The van der Waals surface area contributed by atoms with E-state index in [1.54, 1.807) is 0 Å². The number of hydrogen-bond acceptors (Lipinski definition) is 4. The number of nitrogens with zero attached hydrogens (tertiary/aromatic N) is 3. The molecule has 1 aromatic carbocycles. The number of carboxylic acids is 1. The van der Waals surface area contributed by atoms with Gasteiger partial charge in [0.2, 0.25) is 5.91 Å². The van der Waals surface area contributed by atoms with Gasteiger partial charge in [-0.05, 0) is 51.3 Å². The van der Waals surface area contributed by atoms with Gasteiger partial charge in [0.05, 0.1) is 11.0 Å². The molecule has 2 heterocycles. The van der Waals surface area contributed by atoms with Gasteiger partial charge < -0.3 is 19.9 Å². The molecule has 7 nitrogen and oxygen atoms in total. The molecule has 1 aliphatic carbocycles. The Balaban J connectivity index is 0.000000429. The first kappa shape index (κ1) is 27.0. The van der Waals surface area contributed by atoms with Crippen LogP contribution in [0, 0.1) is 0 Å². The van der Waals surface area contributed by atoms with Gasteiger partial charge in [-0.15, -0.1) is 0 Å². The molecule has 10 heteroatoms. The van der Waals surface area contributed by atoms with Crippen LogP contribution in [-0.2, 0) is 16.1 Å². The van der Waals surface area contributed by atoms with Crippen LogP contribution in [0.25, 0.3) is 11.0 Å². The van der Waals surface area contributed by atoms with E-state index in [1.165, 1.54) is 44.9 Å². The van der Waals surface area contributed by atoms with E-state index in [4.69, 9.17) is 14.9 Å². The highest BCUT2D eigenvalue weighted by atomic mass is 19.4. The summed E-state index contributed by atoms with van der Waals surface area (Å²) in [5.74, 6) is -0.855. The van der Waals surface area contributed by atoms with Crippen molar-refractivity contribution in [3.8, 4) is 0 Å². The number of aryl methyl sites for hydroxylation is 1. The van der Waals surface area contributed by atoms with Crippen LogP contribution in [0.3, 0.4) is 0 Å². The second-order valence-electron chi connectivity index (χ2n) is 9.18. The van der Waals surface area contributed by atoms with E-state index in [9.17, 15) is 18.0 Å². The number of para-hydroxylation sites is 2. The van der Waals surface area contributed by atoms with Crippen LogP contribution in [-0.4, -0.2) is 63.3 Å². The number of amides is 1. The number of aromatic nitrogens is 2. The number of piperidine rings is 1. The van der Waals surface area contributed by atoms with E-state index in [1.807, 2.05) is 0 Å². The van der Waals surface area contributed by atoms with Gasteiger partial charge in [0.15, 0.2) is 0 Å². The van der Waals surface area contributed by atoms with Crippen LogP contribution in [0.5, 0.6) is 0 Å². The number of aliphatic carboxylic acids is 1. The standard InChI is InChI=1S/C23H34N4O.C2HF3O2/c1-2-26(19-10-4-3-5-11-19)22(28)14-16-27-21-13-7-6-12-20(21)25-23(27)18-9-8-15-24-17-18;3-2(4,5)1(6)7/h6-7,12-13,18-19,24H,2-5,8-11,14-17H2,1H3;(H,6,7). The molecule has 1 amide bonds. The van der Waals surface area contributed by atoms with E-state index >= 15 is 0 Å². The number of imidazole rings is 1. The maximum Gasteiger partial charge on any atom is 0.490 e. The molecular weight excluding hydrogens is 461 g/mol.